The maximum absolute atomic E-state index is 11.9. The summed E-state index contributed by atoms with van der Waals surface area (Å²) in [5.41, 5.74) is 4.65. The zero-order chi connectivity index (χ0) is 20.8. The van der Waals surface area contributed by atoms with Crippen molar-refractivity contribution in [3.63, 3.8) is 0 Å². The molecule has 0 bridgehead atoms. The second kappa shape index (κ2) is 8.91. The smallest absolute Gasteiger partial charge is 0.277 e. The average molecular weight is 383 g/mol. The number of aromatic hydroxyl groups is 1. The number of nitrogens with zero attached hydrogens (tertiary/aromatic N) is 1. The van der Waals surface area contributed by atoms with E-state index in [1.54, 1.807) is 24.3 Å². The molecule has 0 aromatic heterocycles. The number of carbonyl (C=O) groups is 1. The van der Waals surface area contributed by atoms with Crippen molar-refractivity contribution in [3.05, 3.63) is 59.7 Å². The molecule has 2 rings (SSSR count). The first-order valence-corrected chi connectivity index (χ1v) is 9.39. The SMILES string of the molecule is CC(C)(C)CC(C)(C)c1ccc(OCC(=O)NN=Cc2cccc(O)c2)cc1. The molecule has 2 aromatic carbocycles. The van der Waals surface area contributed by atoms with Crippen LogP contribution in [0.5, 0.6) is 11.5 Å². The number of benzene rings is 2. The molecule has 0 atom stereocenters. The molecule has 2 aromatic rings. The third-order valence-electron chi connectivity index (χ3n) is 4.25. The summed E-state index contributed by atoms with van der Waals surface area (Å²) in [5.74, 6) is 0.434. The normalized spacial score (nSPS) is 12.2. The first-order chi connectivity index (χ1) is 13.0. The Bertz CT molecular complexity index is 818. The molecule has 0 aliphatic carbocycles. The van der Waals surface area contributed by atoms with Crippen LogP contribution in [0.2, 0.25) is 0 Å². The van der Waals surface area contributed by atoms with Gasteiger partial charge in [-0.15, -0.1) is 0 Å². The average Bonchev–Trinajstić information content (AvgIpc) is 2.58. The molecule has 0 radical (unpaired) electrons. The molecule has 5 nitrogen and oxygen atoms in total. The first kappa shape index (κ1) is 21.5. The molecular formula is C23H30N2O3. The van der Waals surface area contributed by atoms with E-state index in [2.05, 4.69) is 57.3 Å². The minimum absolute atomic E-state index is 0.0642. The van der Waals surface area contributed by atoms with Gasteiger partial charge in [0.15, 0.2) is 6.61 Å². The van der Waals surface area contributed by atoms with Crippen LogP contribution in [0, 0.1) is 5.41 Å². The van der Waals surface area contributed by atoms with Crippen molar-refractivity contribution >= 4 is 12.1 Å². The highest BCUT2D eigenvalue weighted by molar-refractivity contribution is 5.83. The zero-order valence-corrected chi connectivity index (χ0v) is 17.3. The molecule has 0 aliphatic rings. The predicted molar refractivity (Wildman–Crippen MR) is 113 cm³/mol. The minimum Gasteiger partial charge on any atom is -0.508 e. The number of hydrogen-bond acceptors (Lipinski definition) is 4. The Balaban J connectivity index is 1.85. The van der Waals surface area contributed by atoms with Crippen molar-refractivity contribution < 1.29 is 14.6 Å². The number of carbonyl (C=O) groups excluding carboxylic acids is 1. The lowest BCUT2D eigenvalue weighted by molar-refractivity contribution is -0.123. The number of phenolic OH excluding ortho intramolecular Hbond substituents is 1. The Hall–Kier alpha value is -2.82. The molecule has 5 heteroatoms. The molecule has 28 heavy (non-hydrogen) atoms. The fourth-order valence-corrected chi connectivity index (χ4v) is 3.40. The van der Waals surface area contributed by atoms with E-state index in [0.29, 0.717) is 11.3 Å². The summed E-state index contributed by atoms with van der Waals surface area (Å²) >= 11 is 0. The third-order valence-corrected chi connectivity index (χ3v) is 4.25. The molecule has 2 N–H and O–H groups in total. The van der Waals surface area contributed by atoms with Gasteiger partial charge in [-0.2, -0.15) is 5.10 Å². The number of phenols is 1. The van der Waals surface area contributed by atoms with Gasteiger partial charge in [0.1, 0.15) is 11.5 Å². The Labute approximate surface area is 167 Å². The molecular weight excluding hydrogens is 352 g/mol. The standard InChI is InChI=1S/C23H30N2O3/c1-22(2,3)16-23(4,5)18-9-11-20(12-10-18)28-15-21(27)25-24-14-17-7-6-8-19(26)13-17/h6-14,26H,15-16H2,1-5H3,(H,25,27). The van der Waals surface area contributed by atoms with Gasteiger partial charge in [-0.1, -0.05) is 58.9 Å². The number of hydrogen-bond donors (Lipinski definition) is 2. The van der Waals surface area contributed by atoms with Gasteiger partial charge in [-0.3, -0.25) is 4.79 Å². The van der Waals surface area contributed by atoms with Crippen molar-refractivity contribution in [1.82, 2.24) is 5.43 Å². The summed E-state index contributed by atoms with van der Waals surface area (Å²) < 4.78 is 5.53. The van der Waals surface area contributed by atoms with Gasteiger partial charge in [-0.05, 0) is 52.6 Å². The third kappa shape index (κ3) is 7.06. The summed E-state index contributed by atoms with van der Waals surface area (Å²) in [6.45, 7) is 11.1. The number of amides is 1. The Morgan fingerprint density at radius 3 is 2.39 bits per heavy atom. The van der Waals surface area contributed by atoms with Crippen LogP contribution < -0.4 is 10.2 Å². The summed E-state index contributed by atoms with van der Waals surface area (Å²) in [4.78, 5) is 11.9. The Kier molecular flexibility index (Phi) is 6.84. The van der Waals surface area contributed by atoms with Gasteiger partial charge < -0.3 is 9.84 Å². The number of nitrogens with one attached hydrogen (secondary N) is 1. The van der Waals surface area contributed by atoms with E-state index in [9.17, 15) is 9.90 Å². The second-order valence-corrected chi connectivity index (χ2v) is 8.82. The van der Waals surface area contributed by atoms with Crippen molar-refractivity contribution in [1.29, 1.82) is 0 Å². The van der Waals surface area contributed by atoms with Crippen molar-refractivity contribution in [2.75, 3.05) is 6.61 Å². The van der Waals surface area contributed by atoms with E-state index >= 15 is 0 Å². The molecule has 0 heterocycles. The van der Waals surface area contributed by atoms with Crippen molar-refractivity contribution in [2.45, 2.75) is 46.5 Å². The number of hydrazone groups is 1. The van der Waals surface area contributed by atoms with Crippen molar-refractivity contribution in [2.24, 2.45) is 10.5 Å². The quantitative estimate of drug-likeness (QED) is 0.541. The Morgan fingerprint density at radius 1 is 1.11 bits per heavy atom. The molecule has 0 saturated heterocycles. The van der Waals surface area contributed by atoms with Crippen LogP contribution in [0.15, 0.2) is 53.6 Å². The van der Waals surface area contributed by atoms with Crippen LogP contribution in [0.4, 0.5) is 0 Å². The van der Waals surface area contributed by atoms with Crippen LogP contribution in [-0.2, 0) is 10.2 Å². The van der Waals surface area contributed by atoms with Gasteiger partial charge in [0.25, 0.3) is 5.91 Å². The van der Waals surface area contributed by atoms with E-state index < -0.39 is 0 Å². The molecule has 0 aliphatic heterocycles. The number of rotatable bonds is 7. The van der Waals surface area contributed by atoms with Crippen LogP contribution >= 0.6 is 0 Å². The lowest BCUT2D eigenvalue weighted by atomic mass is 9.72. The van der Waals surface area contributed by atoms with Crippen LogP contribution in [0.1, 0.15) is 52.2 Å². The topological polar surface area (TPSA) is 70.9 Å². The zero-order valence-electron chi connectivity index (χ0n) is 17.3. The van der Waals surface area contributed by atoms with Crippen LogP contribution in [0.25, 0.3) is 0 Å². The second-order valence-electron chi connectivity index (χ2n) is 8.82. The molecule has 0 unspecified atom stereocenters. The van der Waals surface area contributed by atoms with E-state index in [4.69, 9.17) is 4.74 Å². The van der Waals surface area contributed by atoms with Gasteiger partial charge >= 0.3 is 0 Å². The summed E-state index contributed by atoms with van der Waals surface area (Å²) in [6, 6.07) is 14.5. The van der Waals surface area contributed by atoms with Gasteiger partial charge in [0.05, 0.1) is 6.21 Å². The van der Waals surface area contributed by atoms with E-state index in [0.717, 1.165) is 6.42 Å². The maximum Gasteiger partial charge on any atom is 0.277 e. The van der Waals surface area contributed by atoms with E-state index in [-0.39, 0.29) is 29.1 Å². The fourth-order valence-electron chi connectivity index (χ4n) is 3.40. The summed E-state index contributed by atoms with van der Waals surface area (Å²) in [5, 5.41) is 13.2. The lowest BCUT2D eigenvalue weighted by Gasteiger charge is -2.33. The lowest BCUT2D eigenvalue weighted by Crippen LogP contribution is -2.25. The van der Waals surface area contributed by atoms with Crippen molar-refractivity contribution in [3.8, 4) is 11.5 Å². The highest BCUT2D eigenvalue weighted by Gasteiger charge is 2.27. The fraction of sp³-hybridized carbons (Fsp3) is 0.391. The van der Waals surface area contributed by atoms with Gasteiger partial charge in [0.2, 0.25) is 0 Å². The minimum atomic E-state index is -0.353. The molecule has 0 spiro atoms. The maximum atomic E-state index is 11.9. The predicted octanol–water partition coefficient (Wildman–Crippen LogP) is 4.64. The molecule has 0 saturated carbocycles. The summed E-state index contributed by atoms with van der Waals surface area (Å²) in [6.07, 6.45) is 2.53. The van der Waals surface area contributed by atoms with Gasteiger partial charge in [-0.25, -0.2) is 5.43 Å². The monoisotopic (exact) mass is 382 g/mol. The van der Waals surface area contributed by atoms with Gasteiger partial charge in [0, 0.05) is 0 Å². The van der Waals surface area contributed by atoms with Crippen LogP contribution in [-0.4, -0.2) is 23.8 Å². The van der Waals surface area contributed by atoms with E-state index in [1.807, 2.05) is 12.1 Å². The van der Waals surface area contributed by atoms with E-state index in [1.165, 1.54) is 11.8 Å². The largest absolute Gasteiger partial charge is 0.508 e. The Morgan fingerprint density at radius 2 is 1.79 bits per heavy atom. The highest BCUT2D eigenvalue weighted by atomic mass is 16.5. The molecule has 1 amide bonds. The number of ether oxygens (including phenoxy) is 1. The van der Waals surface area contributed by atoms with Crippen LogP contribution in [0.3, 0.4) is 0 Å². The summed E-state index contributed by atoms with van der Waals surface area (Å²) in [7, 11) is 0. The highest BCUT2D eigenvalue weighted by Crippen LogP contribution is 2.36. The first-order valence-electron chi connectivity index (χ1n) is 9.39. The molecule has 150 valence electrons. The molecule has 0 fully saturated rings.